The number of ether oxygens (including phenoxy) is 1. The Morgan fingerprint density at radius 3 is 2.75 bits per heavy atom. The fraction of sp³-hybridized carbons (Fsp3) is 0.550. The molecule has 0 aromatic carbocycles. The van der Waals surface area contributed by atoms with Gasteiger partial charge in [0.25, 0.3) is 0 Å². The van der Waals surface area contributed by atoms with Crippen LogP contribution in [0.4, 0.5) is 5.82 Å². The smallest absolute Gasteiger partial charge is 0.225 e. The molecule has 0 bridgehead atoms. The third-order valence-corrected chi connectivity index (χ3v) is 7.49. The summed E-state index contributed by atoms with van der Waals surface area (Å²) in [6.45, 7) is 2.12. The Hall–Kier alpha value is -2.03. The van der Waals surface area contributed by atoms with Gasteiger partial charge < -0.3 is 20.5 Å². The molecule has 1 saturated carbocycles. The van der Waals surface area contributed by atoms with Crippen molar-refractivity contribution in [2.45, 2.75) is 43.8 Å². The predicted molar refractivity (Wildman–Crippen MR) is 106 cm³/mol. The molecule has 1 aliphatic carbocycles. The second-order valence-corrected chi connectivity index (χ2v) is 9.15. The summed E-state index contributed by atoms with van der Waals surface area (Å²) in [5.41, 5.74) is 7.44. The van der Waals surface area contributed by atoms with E-state index in [1.165, 1.54) is 10.4 Å². The summed E-state index contributed by atoms with van der Waals surface area (Å²) in [7, 11) is 0. The first-order valence-corrected chi connectivity index (χ1v) is 10.7. The summed E-state index contributed by atoms with van der Waals surface area (Å²) in [4.78, 5) is 25.6. The van der Waals surface area contributed by atoms with Gasteiger partial charge in [0.2, 0.25) is 5.91 Å². The van der Waals surface area contributed by atoms with Crippen molar-refractivity contribution in [3.05, 3.63) is 28.9 Å². The van der Waals surface area contributed by atoms with Crippen molar-refractivity contribution in [3.8, 4) is 10.6 Å². The number of hydrogen-bond acceptors (Lipinski definition) is 7. The van der Waals surface area contributed by atoms with Crippen LogP contribution in [0.15, 0.2) is 18.5 Å². The monoisotopic (exact) mass is 400 g/mol. The molecular formula is C20H24N4O3S. The van der Waals surface area contributed by atoms with Crippen LogP contribution >= 0.6 is 11.3 Å². The van der Waals surface area contributed by atoms with Crippen molar-refractivity contribution in [3.63, 3.8) is 0 Å². The molecule has 1 spiro atoms. The zero-order chi connectivity index (χ0) is 19.3. The van der Waals surface area contributed by atoms with Crippen LogP contribution in [0.5, 0.6) is 0 Å². The Morgan fingerprint density at radius 2 is 2.07 bits per heavy atom. The van der Waals surface area contributed by atoms with Gasteiger partial charge in [-0.3, -0.25) is 4.79 Å². The minimum atomic E-state index is -0.306. The Kier molecular flexibility index (Phi) is 4.37. The SMILES string of the molecule is Nc1cnc(-c2cc3c(s2)CCOC32CCN(C(=O)C3CC(O)C3)CC2)cn1. The quantitative estimate of drug-likeness (QED) is 0.799. The van der Waals surface area contributed by atoms with Gasteiger partial charge in [-0.2, -0.15) is 0 Å². The molecule has 7 nitrogen and oxygen atoms in total. The van der Waals surface area contributed by atoms with Crippen molar-refractivity contribution in [1.29, 1.82) is 0 Å². The molecule has 4 heterocycles. The zero-order valence-corrected chi connectivity index (χ0v) is 16.5. The van der Waals surface area contributed by atoms with Crippen molar-refractivity contribution in [2.24, 2.45) is 5.92 Å². The number of amides is 1. The number of piperidine rings is 1. The summed E-state index contributed by atoms with van der Waals surface area (Å²) in [6.07, 6.45) is 6.75. The first-order chi connectivity index (χ1) is 13.5. The average molecular weight is 401 g/mol. The number of hydrogen-bond donors (Lipinski definition) is 2. The predicted octanol–water partition coefficient (Wildman–Crippen LogP) is 1.95. The molecule has 1 saturated heterocycles. The summed E-state index contributed by atoms with van der Waals surface area (Å²) < 4.78 is 6.32. The molecule has 0 unspecified atom stereocenters. The highest BCUT2D eigenvalue weighted by Crippen LogP contribution is 2.46. The number of aromatic nitrogens is 2. The molecule has 28 heavy (non-hydrogen) atoms. The number of nitrogens with two attached hydrogens (primary N) is 1. The van der Waals surface area contributed by atoms with E-state index in [0.717, 1.165) is 29.8 Å². The third-order valence-electron chi connectivity index (χ3n) is 6.28. The van der Waals surface area contributed by atoms with E-state index in [4.69, 9.17) is 10.5 Å². The molecule has 0 radical (unpaired) electrons. The highest BCUT2D eigenvalue weighted by atomic mass is 32.1. The number of thiophene rings is 1. The van der Waals surface area contributed by atoms with E-state index in [1.807, 2.05) is 4.90 Å². The van der Waals surface area contributed by atoms with Crippen molar-refractivity contribution >= 4 is 23.1 Å². The standard InChI is InChI=1S/C20H24N4O3S/c21-18-11-22-15(10-23-18)17-9-14-16(28-17)1-6-27-20(14)2-4-24(5-3-20)19(26)12-7-13(25)8-12/h9-13,25H,1-8H2,(H2,21,23). The molecular weight excluding hydrogens is 376 g/mol. The second kappa shape index (κ2) is 6.79. The lowest BCUT2D eigenvalue weighted by atomic mass is 9.79. The molecule has 148 valence electrons. The molecule has 2 aliphatic heterocycles. The van der Waals surface area contributed by atoms with Gasteiger partial charge in [0.1, 0.15) is 5.82 Å². The average Bonchev–Trinajstić information content (AvgIpc) is 3.12. The van der Waals surface area contributed by atoms with Gasteiger partial charge in [-0.15, -0.1) is 11.3 Å². The van der Waals surface area contributed by atoms with Gasteiger partial charge in [-0.1, -0.05) is 0 Å². The molecule has 2 aromatic heterocycles. The Morgan fingerprint density at radius 1 is 1.29 bits per heavy atom. The van der Waals surface area contributed by atoms with Gasteiger partial charge in [-0.25, -0.2) is 9.97 Å². The highest BCUT2D eigenvalue weighted by molar-refractivity contribution is 7.15. The molecule has 3 aliphatic rings. The lowest BCUT2D eigenvalue weighted by Gasteiger charge is -2.45. The van der Waals surface area contributed by atoms with Crippen LogP contribution < -0.4 is 5.73 Å². The maximum absolute atomic E-state index is 12.6. The van der Waals surface area contributed by atoms with Crippen LogP contribution in [0.1, 0.15) is 36.1 Å². The number of nitrogens with zero attached hydrogens (tertiary/aromatic N) is 3. The fourth-order valence-electron chi connectivity index (χ4n) is 4.56. The minimum absolute atomic E-state index is 0.00345. The Bertz CT molecular complexity index is 883. The van der Waals surface area contributed by atoms with Gasteiger partial charge in [0.05, 0.1) is 41.3 Å². The molecule has 8 heteroatoms. The number of aliphatic hydroxyl groups is 1. The second-order valence-electron chi connectivity index (χ2n) is 8.01. The summed E-state index contributed by atoms with van der Waals surface area (Å²) in [5, 5.41) is 9.48. The molecule has 0 atom stereocenters. The van der Waals surface area contributed by atoms with E-state index >= 15 is 0 Å². The van der Waals surface area contributed by atoms with Gasteiger partial charge in [-0.05, 0) is 37.3 Å². The van der Waals surface area contributed by atoms with Crippen molar-refractivity contribution < 1.29 is 14.6 Å². The summed E-state index contributed by atoms with van der Waals surface area (Å²) in [5.74, 6) is 0.615. The number of nitrogen functional groups attached to an aromatic ring is 1. The maximum Gasteiger partial charge on any atom is 0.225 e. The van der Waals surface area contributed by atoms with Gasteiger partial charge in [0.15, 0.2) is 0 Å². The van der Waals surface area contributed by atoms with Crippen molar-refractivity contribution in [1.82, 2.24) is 14.9 Å². The highest BCUT2D eigenvalue weighted by Gasteiger charge is 2.44. The molecule has 5 rings (SSSR count). The van der Waals surface area contributed by atoms with E-state index in [2.05, 4.69) is 16.0 Å². The zero-order valence-electron chi connectivity index (χ0n) is 15.6. The maximum atomic E-state index is 12.6. The van der Waals surface area contributed by atoms with Crippen LogP contribution in [0.2, 0.25) is 0 Å². The van der Waals surface area contributed by atoms with E-state index in [9.17, 15) is 9.90 Å². The van der Waals surface area contributed by atoms with Crippen LogP contribution in [0.25, 0.3) is 10.6 Å². The van der Waals surface area contributed by atoms with Crippen molar-refractivity contribution in [2.75, 3.05) is 25.4 Å². The van der Waals surface area contributed by atoms with E-state index in [0.29, 0.717) is 38.4 Å². The number of aliphatic hydroxyl groups excluding tert-OH is 1. The molecule has 3 N–H and O–H groups in total. The first-order valence-electron chi connectivity index (χ1n) is 9.86. The van der Waals surface area contributed by atoms with Gasteiger partial charge >= 0.3 is 0 Å². The summed E-state index contributed by atoms with van der Waals surface area (Å²) in [6, 6.07) is 2.19. The fourth-order valence-corrected chi connectivity index (χ4v) is 5.75. The van der Waals surface area contributed by atoms with E-state index in [-0.39, 0.29) is 23.5 Å². The molecule has 2 fully saturated rings. The molecule has 1 amide bonds. The van der Waals surface area contributed by atoms with Crippen LogP contribution in [-0.2, 0) is 21.6 Å². The Labute approximate surface area is 167 Å². The largest absolute Gasteiger partial charge is 0.393 e. The van der Waals surface area contributed by atoms with E-state index < -0.39 is 0 Å². The normalized spacial score (nSPS) is 26.0. The van der Waals surface area contributed by atoms with Crippen LogP contribution in [0.3, 0.4) is 0 Å². The number of fused-ring (bicyclic) bond motifs is 2. The number of likely N-dealkylation sites (tertiary alicyclic amines) is 1. The number of carbonyl (C=O) groups excluding carboxylic acids is 1. The van der Waals surface area contributed by atoms with Crippen LogP contribution in [-0.4, -0.2) is 51.7 Å². The number of rotatable bonds is 2. The topological polar surface area (TPSA) is 102 Å². The van der Waals surface area contributed by atoms with E-state index in [1.54, 1.807) is 23.7 Å². The minimum Gasteiger partial charge on any atom is -0.393 e. The Balaban J connectivity index is 1.35. The van der Waals surface area contributed by atoms with Gasteiger partial charge in [0, 0.05) is 30.3 Å². The molecule has 2 aromatic rings. The first kappa shape index (κ1) is 18.0. The lowest BCUT2D eigenvalue weighted by molar-refractivity contribution is -0.150. The number of anilines is 1. The summed E-state index contributed by atoms with van der Waals surface area (Å²) >= 11 is 1.76. The van der Waals surface area contributed by atoms with Crippen LogP contribution in [0, 0.1) is 5.92 Å². The third kappa shape index (κ3) is 3.00. The number of carbonyl (C=O) groups is 1. The lowest BCUT2D eigenvalue weighted by Crippen LogP contribution is -2.51.